The Labute approximate surface area is 85.1 Å². The Balaban J connectivity index is 2.42. The fourth-order valence-electron chi connectivity index (χ4n) is 1.52. The van der Waals surface area contributed by atoms with Crippen molar-refractivity contribution in [2.24, 2.45) is 5.73 Å². The highest BCUT2D eigenvalue weighted by Crippen LogP contribution is 2.43. The third kappa shape index (κ3) is 1.73. The average molecular weight is 219 g/mol. The predicted molar refractivity (Wildman–Crippen MR) is 48.0 cm³/mol. The topological polar surface area (TPSA) is 43.8 Å². The van der Waals surface area contributed by atoms with Gasteiger partial charge >= 0.3 is 6.18 Å². The number of alkyl halides is 3. The molecule has 6 heteroatoms. The zero-order valence-corrected chi connectivity index (χ0v) is 8.30. The molecule has 1 heterocycles. The second-order valence-electron chi connectivity index (χ2n) is 3.88. The molecule has 1 aliphatic carbocycles. The second kappa shape index (κ2) is 2.98. The molecule has 0 bridgehead atoms. The molecule has 0 aliphatic heterocycles. The molecule has 15 heavy (non-hydrogen) atoms. The first kappa shape index (κ1) is 10.5. The van der Waals surface area contributed by atoms with Crippen LogP contribution in [-0.4, -0.2) is 9.78 Å². The van der Waals surface area contributed by atoms with Gasteiger partial charge in [0, 0.05) is 6.54 Å². The van der Waals surface area contributed by atoms with Gasteiger partial charge in [0.15, 0.2) is 0 Å². The summed E-state index contributed by atoms with van der Waals surface area (Å²) >= 11 is 0. The number of hydrogen-bond donors (Lipinski definition) is 1. The zero-order chi connectivity index (χ0) is 11.3. The molecule has 1 fully saturated rings. The molecular formula is C9H12F3N3. The van der Waals surface area contributed by atoms with Crippen molar-refractivity contribution < 1.29 is 13.2 Å². The maximum atomic E-state index is 12.6. The van der Waals surface area contributed by atoms with Crippen LogP contribution in [0.2, 0.25) is 0 Å². The summed E-state index contributed by atoms with van der Waals surface area (Å²) in [5.41, 5.74) is 4.84. The maximum Gasteiger partial charge on any atom is 0.433 e. The summed E-state index contributed by atoms with van der Waals surface area (Å²) in [4.78, 5) is 0. The van der Waals surface area contributed by atoms with E-state index in [0.29, 0.717) is 18.5 Å². The summed E-state index contributed by atoms with van der Waals surface area (Å²) in [5, 5.41) is 3.90. The minimum absolute atomic E-state index is 0.199. The number of nitrogens with two attached hydrogens (primary N) is 1. The third-order valence-corrected chi connectivity index (χ3v) is 2.67. The Bertz CT molecular complexity index is 376. The van der Waals surface area contributed by atoms with Gasteiger partial charge in [-0.3, -0.25) is 4.68 Å². The van der Waals surface area contributed by atoms with Gasteiger partial charge in [-0.1, -0.05) is 0 Å². The third-order valence-electron chi connectivity index (χ3n) is 2.67. The molecule has 1 aromatic heterocycles. The molecule has 2 rings (SSSR count). The molecule has 0 saturated heterocycles. The van der Waals surface area contributed by atoms with E-state index in [1.54, 1.807) is 6.92 Å². The molecule has 0 unspecified atom stereocenters. The molecule has 2 N–H and O–H groups in total. The summed E-state index contributed by atoms with van der Waals surface area (Å²) in [6, 6.07) is 1.07. The minimum atomic E-state index is -4.35. The molecule has 0 atom stereocenters. The number of hydrogen-bond acceptors (Lipinski definition) is 2. The lowest BCUT2D eigenvalue weighted by molar-refractivity contribution is -0.144. The van der Waals surface area contributed by atoms with Gasteiger partial charge in [-0.25, -0.2) is 0 Å². The lowest BCUT2D eigenvalue weighted by Gasteiger charge is -2.07. The van der Waals surface area contributed by atoms with E-state index >= 15 is 0 Å². The first-order valence-electron chi connectivity index (χ1n) is 4.81. The number of nitrogens with zero attached hydrogens (tertiary/aromatic N) is 2. The molecular weight excluding hydrogens is 207 g/mol. The molecule has 1 saturated carbocycles. The first-order valence-corrected chi connectivity index (χ1v) is 4.81. The van der Waals surface area contributed by atoms with Crippen molar-refractivity contribution in [3.05, 3.63) is 17.5 Å². The monoisotopic (exact) mass is 219 g/mol. The number of aromatic nitrogens is 2. The molecule has 0 aromatic carbocycles. The van der Waals surface area contributed by atoms with Crippen LogP contribution in [0.25, 0.3) is 0 Å². The summed E-state index contributed by atoms with van der Waals surface area (Å²) < 4.78 is 38.6. The van der Waals surface area contributed by atoms with Crippen LogP contribution in [0.1, 0.15) is 31.2 Å². The van der Waals surface area contributed by atoms with Gasteiger partial charge in [0.2, 0.25) is 0 Å². The fraction of sp³-hybridized carbons (Fsp3) is 0.667. The lowest BCUT2D eigenvalue weighted by Crippen LogP contribution is -2.19. The van der Waals surface area contributed by atoms with Crippen molar-refractivity contribution in [1.82, 2.24) is 9.78 Å². The maximum absolute atomic E-state index is 12.6. The Morgan fingerprint density at radius 3 is 2.47 bits per heavy atom. The second-order valence-corrected chi connectivity index (χ2v) is 3.88. The van der Waals surface area contributed by atoms with Crippen molar-refractivity contribution in [2.75, 3.05) is 0 Å². The normalized spacial score (nSPS) is 19.3. The van der Waals surface area contributed by atoms with Crippen molar-refractivity contribution in [1.29, 1.82) is 0 Å². The van der Waals surface area contributed by atoms with Gasteiger partial charge in [-0.05, 0) is 25.8 Å². The van der Waals surface area contributed by atoms with E-state index in [-0.39, 0.29) is 6.54 Å². The van der Waals surface area contributed by atoms with Crippen LogP contribution >= 0.6 is 0 Å². The Kier molecular flexibility index (Phi) is 2.08. The molecule has 84 valence electrons. The van der Waals surface area contributed by atoms with E-state index in [1.165, 1.54) is 0 Å². The lowest BCUT2D eigenvalue weighted by atomic mass is 10.2. The molecule has 3 nitrogen and oxygen atoms in total. The summed E-state index contributed by atoms with van der Waals surface area (Å²) in [6.07, 6.45) is -2.93. The Hall–Kier alpha value is -1.04. The van der Waals surface area contributed by atoms with Gasteiger partial charge < -0.3 is 5.73 Å². The van der Waals surface area contributed by atoms with Crippen LogP contribution in [0.3, 0.4) is 0 Å². The highest BCUT2D eigenvalue weighted by Gasteiger charge is 2.45. The van der Waals surface area contributed by atoms with E-state index in [0.717, 1.165) is 10.7 Å². The Morgan fingerprint density at radius 2 is 2.13 bits per heavy atom. The van der Waals surface area contributed by atoms with Gasteiger partial charge in [-0.2, -0.15) is 18.3 Å². The van der Waals surface area contributed by atoms with Gasteiger partial charge in [-0.15, -0.1) is 0 Å². The smallest absolute Gasteiger partial charge is 0.320 e. The van der Waals surface area contributed by atoms with E-state index in [1.807, 2.05) is 0 Å². The Morgan fingerprint density at radius 1 is 1.53 bits per heavy atom. The van der Waals surface area contributed by atoms with Crippen LogP contribution in [0.4, 0.5) is 13.2 Å². The molecule has 0 radical (unpaired) electrons. The number of aryl methyl sites for hydroxylation is 1. The van der Waals surface area contributed by atoms with Crippen LogP contribution in [0, 0.1) is 0 Å². The van der Waals surface area contributed by atoms with Gasteiger partial charge in [0.1, 0.15) is 5.69 Å². The van der Waals surface area contributed by atoms with Crippen molar-refractivity contribution in [2.45, 2.75) is 38.0 Å². The zero-order valence-electron chi connectivity index (χ0n) is 8.30. The van der Waals surface area contributed by atoms with Crippen LogP contribution < -0.4 is 5.73 Å². The van der Waals surface area contributed by atoms with E-state index in [9.17, 15) is 13.2 Å². The summed E-state index contributed by atoms with van der Waals surface area (Å²) in [7, 11) is 0. The number of rotatable bonds is 2. The number of halogens is 3. The standard InChI is InChI=1S/C9H12F3N3/c1-2-15-7(9(10,11)12)5-6(14-15)8(13)3-4-8/h5H,2-4,13H2,1H3. The molecule has 0 amide bonds. The van der Waals surface area contributed by atoms with Crippen molar-refractivity contribution in [3.63, 3.8) is 0 Å². The molecule has 0 spiro atoms. The predicted octanol–water partition coefficient (Wildman–Crippen LogP) is 1.87. The van der Waals surface area contributed by atoms with E-state index in [4.69, 9.17) is 5.73 Å². The van der Waals surface area contributed by atoms with E-state index in [2.05, 4.69) is 5.10 Å². The quantitative estimate of drug-likeness (QED) is 0.825. The van der Waals surface area contributed by atoms with Crippen LogP contribution in [0.5, 0.6) is 0 Å². The largest absolute Gasteiger partial charge is 0.433 e. The fourth-order valence-corrected chi connectivity index (χ4v) is 1.52. The highest BCUT2D eigenvalue weighted by molar-refractivity contribution is 5.25. The van der Waals surface area contributed by atoms with Gasteiger partial charge in [0.05, 0.1) is 11.2 Å². The first-order chi connectivity index (χ1) is 6.87. The molecule has 1 aromatic rings. The molecule has 1 aliphatic rings. The van der Waals surface area contributed by atoms with Crippen LogP contribution in [-0.2, 0) is 18.3 Å². The summed E-state index contributed by atoms with van der Waals surface area (Å²) in [5.74, 6) is 0. The van der Waals surface area contributed by atoms with Crippen molar-refractivity contribution >= 4 is 0 Å². The van der Waals surface area contributed by atoms with Crippen molar-refractivity contribution in [3.8, 4) is 0 Å². The summed E-state index contributed by atoms with van der Waals surface area (Å²) in [6.45, 7) is 1.83. The highest BCUT2D eigenvalue weighted by atomic mass is 19.4. The average Bonchev–Trinajstić information content (AvgIpc) is 2.73. The SMILES string of the molecule is CCn1nc(C2(N)CC2)cc1C(F)(F)F. The van der Waals surface area contributed by atoms with E-state index < -0.39 is 17.4 Å². The van der Waals surface area contributed by atoms with Crippen LogP contribution in [0.15, 0.2) is 6.07 Å². The minimum Gasteiger partial charge on any atom is -0.320 e. The van der Waals surface area contributed by atoms with Gasteiger partial charge in [0.25, 0.3) is 0 Å².